The lowest BCUT2D eigenvalue weighted by Gasteiger charge is -1.82. The summed E-state index contributed by atoms with van der Waals surface area (Å²) in [5.41, 5.74) is -1.42. The Morgan fingerprint density at radius 1 is 2.00 bits per heavy atom. The molecule has 0 saturated carbocycles. The number of hydrogen-bond donors (Lipinski definition) is 1. The lowest BCUT2D eigenvalue weighted by atomic mass is 10.4. The van der Waals surface area contributed by atoms with Gasteiger partial charge in [0.25, 0.3) is 5.56 Å². The molecule has 0 aliphatic rings. The van der Waals surface area contributed by atoms with Crippen molar-refractivity contribution in [2.75, 3.05) is 0 Å². The van der Waals surface area contributed by atoms with Crippen LogP contribution in [0.4, 0.5) is 0 Å². The van der Waals surface area contributed by atoms with Gasteiger partial charge in [0.2, 0.25) is 0 Å². The number of aromatic nitrogens is 2. The maximum absolute atomic E-state index is 10.7. The number of aromatic amines is 1. The van der Waals surface area contributed by atoms with Crippen molar-refractivity contribution in [2.45, 2.75) is 6.85 Å². The molecule has 0 aliphatic carbocycles. The van der Waals surface area contributed by atoms with Gasteiger partial charge in [-0.3, -0.25) is 4.79 Å². The predicted octanol–water partition coefficient (Wildman–Crippen LogP) is 0.0783. The number of rotatable bonds is 0. The van der Waals surface area contributed by atoms with Crippen LogP contribution < -0.4 is 5.56 Å². The van der Waals surface area contributed by atoms with Crippen molar-refractivity contribution in [1.29, 1.82) is 0 Å². The van der Waals surface area contributed by atoms with Crippen LogP contribution in [0, 0.1) is 6.85 Å². The van der Waals surface area contributed by atoms with E-state index in [1.807, 2.05) is 5.10 Å². The molecular weight excluding hydrogens is 104 g/mol. The zero-order valence-electron chi connectivity index (χ0n) is 8.86. The Balaban J connectivity index is 3.44. The SMILES string of the molecule is [2H]c1c(C([2H])([2H])[2H])n[nH]c(=O)c1[2H]. The smallest absolute Gasteiger partial charge is 0.264 e. The van der Waals surface area contributed by atoms with E-state index in [0.717, 1.165) is 0 Å². The Labute approximate surface area is 53.4 Å². The number of aryl methyl sites for hydroxylation is 1. The third-order valence-corrected chi connectivity index (χ3v) is 0.564. The van der Waals surface area contributed by atoms with Gasteiger partial charge in [0.15, 0.2) is 0 Å². The summed E-state index contributed by atoms with van der Waals surface area (Å²) in [6.07, 6.45) is 0. The van der Waals surface area contributed by atoms with Gasteiger partial charge in [0.1, 0.15) is 0 Å². The molecule has 0 saturated heterocycles. The molecule has 1 heterocycles. The maximum atomic E-state index is 10.7. The van der Waals surface area contributed by atoms with E-state index in [1.54, 1.807) is 0 Å². The van der Waals surface area contributed by atoms with Crippen LogP contribution in [0.3, 0.4) is 0 Å². The fraction of sp³-hybridized carbons (Fsp3) is 0.200. The number of hydrogen-bond acceptors (Lipinski definition) is 2. The molecule has 0 aromatic carbocycles. The van der Waals surface area contributed by atoms with Crippen LogP contribution in [0.2, 0.25) is 0 Å². The number of nitrogens with one attached hydrogen (secondary N) is 1. The fourth-order valence-electron chi connectivity index (χ4n) is 0.279. The Kier molecular flexibility index (Phi) is 0.374. The highest BCUT2D eigenvalue weighted by molar-refractivity contribution is 4.95. The van der Waals surface area contributed by atoms with Crippen molar-refractivity contribution in [3.05, 3.63) is 28.1 Å². The quantitative estimate of drug-likeness (QED) is 0.520. The van der Waals surface area contributed by atoms with E-state index in [4.69, 9.17) is 6.85 Å². The van der Waals surface area contributed by atoms with Crippen LogP contribution in [0.1, 0.15) is 12.5 Å². The topological polar surface area (TPSA) is 45.8 Å². The fourth-order valence-corrected chi connectivity index (χ4v) is 0.279. The molecule has 0 radical (unpaired) electrons. The lowest BCUT2D eigenvalue weighted by molar-refractivity contribution is 0.946. The molecule has 0 bridgehead atoms. The summed E-state index contributed by atoms with van der Waals surface area (Å²) in [7, 11) is 0. The summed E-state index contributed by atoms with van der Waals surface area (Å²) < 4.78 is 35.0. The zero-order valence-corrected chi connectivity index (χ0v) is 3.86. The Morgan fingerprint density at radius 2 is 2.88 bits per heavy atom. The van der Waals surface area contributed by atoms with E-state index >= 15 is 0 Å². The van der Waals surface area contributed by atoms with Gasteiger partial charge >= 0.3 is 0 Å². The van der Waals surface area contributed by atoms with E-state index in [1.165, 1.54) is 0 Å². The van der Waals surface area contributed by atoms with Gasteiger partial charge in [-0.15, -0.1) is 0 Å². The van der Waals surface area contributed by atoms with Gasteiger partial charge in [0.05, 0.1) is 8.44 Å². The van der Waals surface area contributed by atoms with Crippen molar-refractivity contribution in [3.8, 4) is 0 Å². The van der Waals surface area contributed by atoms with E-state index in [9.17, 15) is 4.79 Å². The van der Waals surface area contributed by atoms with Crippen LogP contribution in [0.25, 0.3) is 0 Å². The molecular formula is C5H6N2O. The second-order valence-electron chi connectivity index (χ2n) is 1.15. The van der Waals surface area contributed by atoms with Crippen molar-refractivity contribution < 1.29 is 6.85 Å². The normalized spacial score (nSPS) is 19.8. The average Bonchev–Trinajstić information content (AvgIpc) is 1.98. The number of nitrogens with zero attached hydrogens (tertiary/aromatic N) is 1. The first-order valence-corrected chi connectivity index (χ1v) is 1.90. The molecule has 0 amide bonds. The van der Waals surface area contributed by atoms with E-state index in [2.05, 4.69) is 5.10 Å². The van der Waals surface area contributed by atoms with E-state index < -0.39 is 30.2 Å². The van der Waals surface area contributed by atoms with Crippen molar-refractivity contribution in [2.24, 2.45) is 0 Å². The molecule has 42 valence electrons. The molecule has 0 unspecified atom stereocenters. The molecule has 0 spiro atoms. The summed E-state index contributed by atoms with van der Waals surface area (Å²) >= 11 is 0. The van der Waals surface area contributed by atoms with Gasteiger partial charge in [0, 0.05) is 10.2 Å². The second kappa shape index (κ2) is 1.78. The summed E-state index contributed by atoms with van der Waals surface area (Å²) in [5, 5.41) is 5.04. The average molecular weight is 115 g/mol. The van der Waals surface area contributed by atoms with Crippen LogP contribution in [-0.2, 0) is 0 Å². The summed E-state index contributed by atoms with van der Waals surface area (Å²) in [6.45, 7) is -2.57. The first-order chi connectivity index (χ1) is 5.84. The molecule has 0 atom stereocenters. The van der Waals surface area contributed by atoms with Crippen LogP contribution >= 0.6 is 0 Å². The molecule has 1 N–H and O–H groups in total. The molecule has 1 aromatic rings. The van der Waals surface area contributed by atoms with Gasteiger partial charge in [-0.05, 0) is 12.9 Å². The third-order valence-electron chi connectivity index (χ3n) is 0.564. The monoisotopic (exact) mass is 115 g/mol. The highest BCUT2D eigenvalue weighted by Crippen LogP contribution is 1.78. The Hall–Kier alpha value is -1.12. The Bertz CT molecular complexity index is 381. The maximum Gasteiger partial charge on any atom is 0.264 e. The molecule has 3 nitrogen and oxygen atoms in total. The van der Waals surface area contributed by atoms with Crippen molar-refractivity contribution >= 4 is 0 Å². The molecule has 0 fully saturated rings. The van der Waals surface area contributed by atoms with Crippen LogP contribution in [0.5, 0.6) is 0 Å². The third kappa shape index (κ3) is 0.932. The molecule has 8 heavy (non-hydrogen) atoms. The minimum absolute atomic E-state index is 0.558. The molecule has 1 rings (SSSR count). The first-order valence-electron chi connectivity index (χ1n) is 4.40. The van der Waals surface area contributed by atoms with Gasteiger partial charge in [-0.2, -0.15) is 5.10 Å². The highest BCUT2D eigenvalue weighted by Gasteiger charge is 1.80. The summed E-state index contributed by atoms with van der Waals surface area (Å²) in [6, 6.07) is -1.33. The van der Waals surface area contributed by atoms with E-state index in [-0.39, 0.29) is 0 Å². The number of H-pyrrole nitrogens is 1. The van der Waals surface area contributed by atoms with Crippen molar-refractivity contribution in [1.82, 2.24) is 10.2 Å². The molecule has 0 aliphatic heterocycles. The van der Waals surface area contributed by atoms with Crippen LogP contribution in [0.15, 0.2) is 16.9 Å². The molecule has 3 heteroatoms. The highest BCUT2D eigenvalue weighted by atomic mass is 16.1. The zero-order chi connectivity index (χ0) is 10.2. The predicted molar refractivity (Wildman–Crippen MR) is 29.6 cm³/mol. The van der Waals surface area contributed by atoms with Gasteiger partial charge < -0.3 is 0 Å². The Morgan fingerprint density at radius 3 is 3.62 bits per heavy atom. The van der Waals surface area contributed by atoms with Gasteiger partial charge in [-0.25, -0.2) is 5.10 Å². The molecule has 1 aromatic heterocycles. The minimum atomic E-state index is -2.57. The minimum Gasteiger partial charge on any atom is -0.268 e. The summed E-state index contributed by atoms with van der Waals surface area (Å²) in [5.74, 6) is 0. The standard InChI is InChI=1S/C5H6N2O/c1-4-2-3-5(8)7-6-4/h2-3H,1H3,(H,7,8)/i1D3,2D,3D. The van der Waals surface area contributed by atoms with Crippen LogP contribution in [-0.4, -0.2) is 10.2 Å². The van der Waals surface area contributed by atoms with Crippen molar-refractivity contribution in [3.63, 3.8) is 0 Å². The first kappa shape index (κ1) is 1.69. The largest absolute Gasteiger partial charge is 0.268 e. The van der Waals surface area contributed by atoms with E-state index in [0.29, 0.717) is 0 Å². The lowest BCUT2D eigenvalue weighted by Crippen LogP contribution is -2.05. The summed E-state index contributed by atoms with van der Waals surface area (Å²) in [4.78, 5) is 10.7. The second-order valence-corrected chi connectivity index (χ2v) is 1.15. The van der Waals surface area contributed by atoms with Gasteiger partial charge in [-0.1, -0.05) is 0 Å².